The van der Waals surface area contributed by atoms with Crippen LogP contribution in [0.5, 0.6) is 0 Å². The minimum Gasteiger partial charge on any atom is -0.456 e. The van der Waals surface area contributed by atoms with Gasteiger partial charge in [-0.15, -0.1) is 0 Å². The van der Waals surface area contributed by atoms with E-state index in [1.54, 1.807) is 0 Å². The van der Waals surface area contributed by atoms with E-state index in [1.165, 1.54) is 77.7 Å². The second-order valence-corrected chi connectivity index (χ2v) is 13.2. The van der Waals surface area contributed by atoms with E-state index in [4.69, 9.17) is 4.42 Å². The second-order valence-electron chi connectivity index (χ2n) is 13.2. The molecule has 3 aliphatic rings. The van der Waals surface area contributed by atoms with Crippen LogP contribution in [-0.4, -0.2) is 0 Å². The standard InChI is InChI=1S/C45H28O/c1-27-22-25-36-33(26-27)31-23-24-32-30-14-4-11-21-41(30)46-43(32)42(31)45(36)39-19-9-7-17-37(39)44(38-18-8-10-20-40(38)45)34-15-5-2-12-28(34)29-13-3-6-16-35(29)44/h2-26H,1H3. The molecule has 0 unspecified atom stereocenters. The molecule has 7 aromatic carbocycles. The van der Waals surface area contributed by atoms with Crippen molar-refractivity contribution in [2.45, 2.75) is 17.8 Å². The van der Waals surface area contributed by atoms with Gasteiger partial charge in [0, 0.05) is 16.3 Å². The maximum atomic E-state index is 6.94. The number of fused-ring (bicyclic) bond motifs is 20. The zero-order valence-corrected chi connectivity index (χ0v) is 25.3. The number of benzene rings is 7. The number of hydrogen-bond acceptors (Lipinski definition) is 1. The molecule has 0 saturated heterocycles. The van der Waals surface area contributed by atoms with Crippen LogP contribution < -0.4 is 0 Å². The molecule has 1 heteroatoms. The van der Waals surface area contributed by atoms with E-state index in [9.17, 15) is 0 Å². The molecule has 2 spiro atoms. The summed E-state index contributed by atoms with van der Waals surface area (Å²) < 4.78 is 6.94. The Hall–Kier alpha value is -5.66. The summed E-state index contributed by atoms with van der Waals surface area (Å²) >= 11 is 0. The average molecular weight is 585 g/mol. The van der Waals surface area contributed by atoms with Crippen LogP contribution >= 0.6 is 0 Å². The molecule has 1 aromatic heterocycles. The molecule has 0 radical (unpaired) electrons. The van der Waals surface area contributed by atoms with E-state index in [2.05, 4.69) is 159 Å². The van der Waals surface area contributed by atoms with Crippen LogP contribution in [0.15, 0.2) is 156 Å². The summed E-state index contributed by atoms with van der Waals surface area (Å²) in [6, 6.07) is 56.8. The van der Waals surface area contributed by atoms with E-state index >= 15 is 0 Å². The molecule has 0 bridgehead atoms. The molecule has 11 rings (SSSR count). The fraction of sp³-hybridized carbons (Fsp3) is 0.0667. The third-order valence-corrected chi connectivity index (χ3v) is 11.2. The first kappa shape index (κ1) is 24.6. The highest BCUT2D eigenvalue weighted by Crippen LogP contribution is 2.68. The predicted molar refractivity (Wildman–Crippen MR) is 187 cm³/mol. The van der Waals surface area contributed by atoms with Crippen molar-refractivity contribution in [3.63, 3.8) is 0 Å². The van der Waals surface area contributed by atoms with Crippen molar-refractivity contribution in [3.8, 4) is 22.3 Å². The fourth-order valence-corrected chi connectivity index (χ4v) is 9.67. The summed E-state index contributed by atoms with van der Waals surface area (Å²) in [6.07, 6.45) is 0. The van der Waals surface area contributed by atoms with E-state index in [0.717, 1.165) is 16.6 Å². The van der Waals surface area contributed by atoms with Gasteiger partial charge < -0.3 is 4.42 Å². The molecule has 0 saturated carbocycles. The fourth-order valence-electron chi connectivity index (χ4n) is 9.67. The van der Waals surface area contributed by atoms with Gasteiger partial charge in [0.1, 0.15) is 11.2 Å². The summed E-state index contributed by atoms with van der Waals surface area (Å²) in [6.45, 7) is 2.20. The zero-order valence-electron chi connectivity index (χ0n) is 25.3. The van der Waals surface area contributed by atoms with Crippen LogP contribution in [0.3, 0.4) is 0 Å². The molecular formula is C45H28O. The Kier molecular flexibility index (Phi) is 4.46. The SMILES string of the molecule is Cc1ccc2c(c1)-c1ccc3c(oc4ccccc43)c1C21c2ccccc2C2(c3ccccc3-c3ccccc32)c2ccccc21. The maximum Gasteiger partial charge on any atom is 0.140 e. The molecule has 0 aliphatic heterocycles. The molecule has 3 aliphatic carbocycles. The molecule has 0 N–H and O–H groups in total. The molecule has 46 heavy (non-hydrogen) atoms. The normalized spacial score (nSPS) is 15.4. The van der Waals surface area contributed by atoms with Gasteiger partial charge in [0.05, 0.1) is 10.8 Å². The van der Waals surface area contributed by atoms with Gasteiger partial charge in [0.2, 0.25) is 0 Å². The topological polar surface area (TPSA) is 13.1 Å². The van der Waals surface area contributed by atoms with Gasteiger partial charge in [0.25, 0.3) is 0 Å². The van der Waals surface area contributed by atoms with Crippen LogP contribution in [-0.2, 0) is 10.8 Å². The van der Waals surface area contributed by atoms with Crippen LogP contribution in [0.2, 0.25) is 0 Å². The molecule has 1 heterocycles. The van der Waals surface area contributed by atoms with Gasteiger partial charge in [-0.25, -0.2) is 0 Å². The Labute approximate surface area is 267 Å². The van der Waals surface area contributed by atoms with Gasteiger partial charge >= 0.3 is 0 Å². The largest absolute Gasteiger partial charge is 0.456 e. The lowest BCUT2D eigenvalue weighted by Gasteiger charge is -2.48. The summed E-state index contributed by atoms with van der Waals surface area (Å²) in [7, 11) is 0. The van der Waals surface area contributed by atoms with Gasteiger partial charge in [-0.2, -0.15) is 0 Å². The van der Waals surface area contributed by atoms with Crippen molar-refractivity contribution in [1.29, 1.82) is 0 Å². The van der Waals surface area contributed by atoms with Crippen molar-refractivity contribution >= 4 is 21.9 Å². The minimum absolute atomic E-state index is 0.443. The summed E-state index contributed by atoms with van der Waals surface area (Å²) in [5, 5.41) is 2.33. The van der Waals surface area contributed by atoms with Crippen molar-refractivity contribution in [3.05, 3.63) is 202 Å². The monoisotopic (exact) mass is 584 g/mol. The third-order valence-electron chi connectivity index (χ3n) is 11.2. The first-order valence-electron chi connectivity index (χ1n) is 16.2. The highest BCUT2D eigenvalue weighted by atomic mass is 16.3. The number of aryl methyl sites for hydroxylation is 1. The highest BCUT2D eigenvalue weighted by Gasteiger charge is 2.59. The van der Waals surface area contributed by atoms with Crippen molar-refractivity contribution < 1.29 is 4.42 Å². The third kappa shape index (κ3) is 2.60. The van der Waals surface area contributed by atoms with Crippen LogP contribution in [0.4, 0.5) is 0 Å². The lowest BCUT2D eigenvalue weighted by Crippen LogP contribution is -2.43. The Balaban J connectivity index is 1.39. The molecule has 8 aromatic rings. The maximum absolute atomic E-state index is 6.94. The second kappa shape index (κ2) is 8.33. The lowest BCUT2D eigenvalue weighted by atomic mass is 9.52. The van der Waals surface area contributed by atoms with Crippen molar-refractivity contribution in [2.75, 3.05) is 0 Å². The van der Waals surface area contributed by atoms with Gasteiger partial charge in [-0.05, 0) is 80.3 Å². The minimum atomic E-state index is -0.559. The molecule has 0 atom stereocenters. The van der Waals surface area contributed by atoms with Gasteiger partial charge in [0.15, 0.2) is 0 Å². The average Bonchev–Trinajstić information content (AvgIpc) is 3.73. The zero-order chi connectivity index (χ0) is 30.2. The Morgan fingerprint density at radius 3 is 1.57 bits per heavy atom. The Morgan fingerprint density at radius 2 is 0.913 bits per heavy atom. The van der Waals surface area contributed by atoms with Crippen LogP contribution in [0.25, 0.3) is 44.2 Å². The molecule has 1 nitrogen and oxygen atoms in total. The van der Waals surface area contributed by atoms with Crippen LogP contribution in [0, 0.1) is 6.92 Å². The van der Waals surface area contributed by atoms with Crippen molar-refractivity contribution in [2.24, 2.45) is 0 Å². The Morgan fingerprint density at radius 1 is 0.391 bits per heavy atom. The molecule has 0 amide bonds. The summed E-state index contributed by atoms with van der Waals surface area (Å²) in [5.74, 6) is 0. The first-order chi connectivity index (χ1) is 22.7. The van der Waals surface area contributed by atoms with E-state index in [1.807, 2.05) is 0 Å². The highest BCUT2D eigenvalue weighted by molar-refractivity contribution is 6.10. The van der Waals surface area contributed by atoms with E-state index < -0.39 is 10.8 Å². The van der Waals surface area contributed by atoms with E-state index in [0.29, 0.717) is 0 Å². The predicted octanol–water partition coefficient (Wildman–Crippen LogP) is 10.9. The van der Waals surface area contributed by atoms with E-state index in [-0.39, 0.29) is 0 Å². The lowest BCUT2D eigenvalue weighted by molar-refractivity contribution is 0.614. The molecule has 214 valence electrons. The summed E-state index contributed by atoms with van der Waals surface area (Å²) in [5.41, 5.74) is 18.0. The van der Waals surface area contributed by atoms with Gasteiger partial charge in [-0.3, -0.25) is 0 Å². The van der Waals surface area contributed by atoms with Crippen LogP contribution in [0.1, 0.15) is 50.1 Å². The number of para-hydroxylation sites is 1. The molecule has 0 fully saturated rings. The quantitative estimate of drug-likeness (QED) is 0.173. The Bertz CT molecular complexity index is 2520. The van der Waals surface area contributed by atoms with Crippen molar-refractivity contribution in [1.82, 2.24) is 0 Å². The number of furan rings is 1. The van der Waals surface area contributed by atoms with Gasteiger partial charge in [-0.1, -0.05) is 145 Å². The summed E-state index contributed by atoms with van der Waals surface area (Å²) in [4.78, 5) is 0. The first-order valence-corrected chi connectivity index (χ1v) is 16.2. The number of hydrogen-bond donors (Lipinski definition) is 0. The molecular weight excluding hydrogens is 556 g/mol. The smallest absolute Gasteiger partial charge is 0.140 e. The number of rotatable bonds is 0.